The lowest BCUT2D eigenvalue weighted by Gasteiger charge is -2.16. The fourth-order valence-electron chi connectivity index (χ4n) is 1.40. The minimum absolute atomic E-state index is 0.0504. The molecular weight excluding hydrogens is 328 g/mol. The lowest BCUT2D eigenvalue weighted by molar-refractivity contribution is -0.120. The number of carbonyl (C=O) groups excluding carboxylic acids is 2. The number of thioether (sulfide) groups is 2. The molecule has 9 heteroatoms. The SMILES string of the molecule is CCCCSc1nnc(SC(C(=O)NC(N)=O)C(C)C)s1. The number of hydrogen-bond acceptors (Lipinski definition) is 7. The molecule has 0 aliphatic rings. The van der Waals surface area contributed by atoms with Crippen LogP contribution >= 0.6 is 34.9 Å². The van der Waals surface area contributed by atoms with Gasteiger partial charge in [-0.1, -0.05) is 62.1 Å². The molecule has 0 aromatic carbocycles. The Morgan fingerprint density at radius 3 is 2.57 bits per heavy atom. The summed E-state index contributed by atoms with van der Waals surface area (Å²) in [6.45, 7) is 5.97. The standard InChI is InChI=1S/C12H20N4O2S3/c1-4-5-6-19-11-15-16-12(21-11)20-8(7(2)3)9(17)14-10(13)18/h7-8H,4-6H2,1-3H3,(H3,13,14,17,18). The van der Waals surface area contributed by atoms with E-state index in [-0.39, 0.29) is 5.92 Å². The van der Waals surface area contributed by atoms with Crippen molar-refractivity contribution in [3.05, 3.63) is 0 Å². The van der Waals surface area contributed by atoms with Gasteiger partial charge in [0.05, 0.1) is 5.25 Å². The van der Waals surface area contributed by atoms with E-state index >= 15 is 0 Å². The number of unbranched alkanes of at least 4 members (excludes halogenated alkanes) is 1. The third-order valence-corrected chi connectivity index (χ3v) is 6.22. The van der Waals surface area contributed by atoms with Gasteiger partial charge in [0.2, 0.25) is 5.91 Å². The molecule has 1 rings (SSSR count). The summed E-state index contributed by atoms with van der Waals surface area (Å²) in [7, 11) is 0. The summed E-state index contributed by atoms with van der Waals surface area (Å²) in [6.07, 6.45) is 2.29. The van der Waals surface area contributed by atoms with E-state index < -0.39 is 17.2 Å². The zero-order valence-corrected chi connectivity index (χ0v) is 14.7. The van der Waals surface area contributed by atoms with Gasteiger partial charge >= 0.3 is 6.03 Å². The van der Waals surface area contributed by atoms with Crippen molar-refractivity contribution < 1.29 is 9.59 Å². The summed E-state index contributed by atoms with van der Waals surface area (Å²) >= 11 is 4.47. The molecule has 3 amide bonds. The van der Waals surface area contributed by atoms with Crippen molar-refractivity contribution in [2.75, 3.05) is 5.75 Å². The minimum Gasteiger partial charge on any atom is -0.351 e. The Kier molecular flexibility index (Phi) is 8.05. The number of carbonyl (C=O) groups is 2. The molecule has 118 valence electrons. The highest BCUT2D eigenvalue weighted by atomic mass is 32.2. The number of rotatable bonds is 8. The first-order valence-corrected chi connectivity index (χ1v) is 9.35. The smallest absolute Gasteiger partial charge is 0.318 e. The van der Waals surface area contributed by atoms with Gasteiger partial charge in [0.15, 0.2) is 8.68 Å². The highest BCUT2D eigenvalue weighted by molar-refractivity contribution is 8.04. The van der Waals surface area contributed by atoms with Gasteiger partial charge in [0.1, 0.15) is 0 Å². The third-order valence-electron chi connectivity index (χ3n) is 2.45. The predicted molar refractivity (Wildman–Crippen MR) is 87.8 cm³/mol. The van der Waals surface area contributed by atoms with Crippen LogP contribution in [0.5, 0.6) is 0 Å². The fraction of sp³-hybridized carbons (Fsp3) is 0.667. The Balaban J connectivity index is 2.63. The van der Waals surface area contributed by atoms with Crippen LogP contribution in [0.25, 0.3) is 0 Å². The van der Waals surface area contributed by atoms with E-state index in [9.17, 15) is 9.59 Å². The molecule has 0 saturated carbocycles. The summed E-state index contributed by atoms with van der Waals surface area (Å²) in [6, 6.07) is -0.834. The van der Waals surface area contributed by atoms with Gasteiger partial charge in [-0.25, -0.2) is 4.79 Å². The molecule has 0 saturated heterocycles. The van der Waals surface area contributed by atoms with E-state index in [0.717, 1.165) is 27.3 Å². The highest BCUT2D eigenvalue weighted by Crippen LogP contribution is 2.34. The first-order valence-electron chi connectivity index (χ1n) is 6.67. The van der Waals surface area contributed by atoms with Crippen LogP contribution in [-0.4, -0.2) is 33.1 Å². The minimum atomic E-state index is -0.834. The number of primary amides is 1. The molecule has 1 heterocycles. The number of aromatic nitrogens is 2. The van der Waals surface area contributed by atoms with Gasteiger partial charge in [-0.05, 0) is 12.3 Å². The molecule has 1 unspecified atom stereocenters. The first kappa shape index (κ1) is 18.2. The summed E-state index contributed by atoms with van der Waals surface area (Å²) in [5, 5.41) is 9.91. The average Bonchev–Trinajstić information content (AvgIpc) is 2.82. The topological polar surface area (TPSA) is 98.0 Å². The van der Waals surface area contributed by atoms with Crippen molar-refractivity contribution in [2.24, 2.45) is 11.7 Å². The molecule has 6 nitrogen and oxygen atoms in total. The Bertz CT molecular complexity index is 479. The van der Waals surface area contributed by atoms with Crippen LogP contribution in [0, 0.1) is 5.92 Å². The second-order valence-corrected chi connectivity index (χ2v) is 8.38. The lowest BCUT2D eigenvalue weighted by atomic mass is 10.1. The predicted octanol–water partition coefficient (Wildman–Crippen LogP) is 2.74. The zero-order chi connectivity index (χ0) is 15.8. The monoisotopic (exact) mass is 348 g/mol. The van der Waals surface area contributed by atoms with E-state index in [1.165, 1.54) is 23.1 Å². The maximum absolute atomic E-state index is 11.9. The molecule has 1 aromatic heterocycles. The molecule has 0 spiro atoms. The molecular formula is C12H20N4O2S3. The van der Waals surface area contributed by atoms with Crippen molar-refractivity contribution in [1.82, 2.24) is 15.5 Å². The normalized spacial score (nSPS) is 12.4. The van der Waals surface area contributed by atoms with Crippen LogP contribution in [-0.2, 0) is 4.79 Å². The Hall–Kier alpha value is -0.800. The Morgan fingerprint density at radius 2 is 2.00 bits per heavy atom. The third kappa shape index (κ3) is 6.66. The number of amides is 3. The second kappa shape index (κ2) is 9.26. The van der Waals surface area contributed by atoms with E-state index in [1.807, 2.05) is 13.8 Å². The molecule has 0 bridgehead atoms. The Labute approximate surface area is 137 Å². The first-order chi connectivity index (χ1) is 9.93. The molecule has 0 radical (unpaired) electrons. The molecule has 21 heavy (non-hydrogen) atoms. The van der Waals surface area contributed by atoms with Crippen molar-refractivity contribution in [3.63, 3.8) is 0 Å². The van der Waals surface area contributed by atoms with Gasteiger partial charge in [-0.2, -0.15) is 0 Å². The number of nitrogens with two attached hydrogens (primary N) is 1. The van der Waals surface area contributed by atoms with Crippen LogP contribution in [0.3, 0.4) is 0 Å². The highest BCUT2D eigenvalue weighted by Gasteiger charge is 2.26. The van der Waals surface area contributed by atoms with Crippen LogP contribution in [0.15, 0.2) is 8.68 Å². The number of imide groups is 1. The largest absolute Gasteiger partial charge is 0.351 e. The van der Waals surface area contributed by atoms with Crippen molar-refractivity contribution in [3.8, 4) is 0 Å². The summed E-state index contributed by atoms with van der Waals surface area (Å²) in [5.41, 5.74) is 4.99. The van der Waals surface area contributed by atoms with Crippen LogP contribution in [0.1, 0.15) is 33.6 Å². The van der Waals surface area contributed by atoms with Gasteiger partial charge in [-0.15, -0.1) is 10.2 Å². The second-order valence-electron chi connectivity index (χ2n) is 4.67. The van der Waals surface area contributed by atoms with E-state index in [2.05, 4.69) is 22.4 Å². The van der Waals surface area contributed by atoms with Crippen molar-refractivity contribution in [1.29, 1.82) is 0 Å². The number of nitrogens with zero attached hydrogens (tertiary/aromatic N) is 2. The average molecular weight is 349 g/mol. The number of urea groups is 1. The molecule has 1 aromatic rings. The number of nitrogens with one attached hydrogen (secondary N) is 1. The van der Waals surface area contributed by atoms with Crippen molar-refractivity contribution in [2.45, 2.75) is 47.5 Å². The van der Waals surface area contributed by atoms with Gasteiger partial charge < -0.3 is 5.73 Å². The van der Waals surface area contributed by atoms with Crippen LogP contribution < -0.4 is 11.1 Å². The Morgan fingerprint density at radius 1 is 1.33 bits per heavy atom. The number of hydrogen-bond donors (Lipinski definition) is 2. The maximum Gasteiger partial charge on any atom is 0.318 e. The van der Waals surface area contributed by atoms with Gasteiger partial charge in [0, 0.05) is 5.75 Å². The van der Waals surface area contributed by atoms with Gasteiger partial charge in [-0.3, -0.25) is 10.1 Å². The zero-order valence-electron chi connectivity index (χ0n) is 12.3. The van der Waals surface area contributed by atoms with E-state index in [1.54, 1.807) is 11.8 Å². The summed E-state index contributed by atoms with van der Waals surface area (Å²) < 4.78 is 1.64. The van der Waals surface area contributed by atoms with E-state index in [0.29, 0.717) is 0 Å². The summed E-state index contributed by atoms with van der Waals surface area (Å²) in [5.74, 6) is 0.679. The maximum atomic E-state index is 11.9. The van der Waals surface area contributed by atoms with Crippen molar-refractivity contribution >= 4 is 46.8 Å². The fourth-order valence-corrected chi connectivity index (χ4v) is 4.78. The van der Waals surface area contributed by atoms with Crippen LogP contribution in [0.2, 0.25) is 0 Å². The summed E-state index contributed by atoms with van der Waals surface area (Å²) in [4.78, 5) is 22.7. The molecule has 0 aliphatic heterocycles. The quantitative estimate of drug-likeness (QED) is 0.554. The van der Waals surface area contributed by atoms with Crippen LogP contribution in [0.4, 0.5) is 4.79 Å². The lowest BCUT2D eigenvalue weighted by Crippen LogP contribution is -2.42. The molecule has 3 N–H and O–H groups in total. The molecule has 1 atom stereocenters. The van der Waals surface area contributed by atoms with Gasteiger partial charge in [0.25, 0.3) is 0 Å². The van der Waals surface area contributed by atoms with E-state index in [4.69, 9.17) is 5.73 Å². The molecule has 0 aliphatic carbocycles. The molecule has 0 fully saturated rings.